The number of rotatable bonds is 7. The molecule has 0 aromatic carbocycles. The highest BCUT2D eigenvalue weighted by Crippen LogP contribution is 2.26. The third-order valence-corrected chi connectivity index (χ3v) is 3.29. The zero-order valence-electron chi connectivity index (χ0n) is 11.6. The summed E-state index contributed by atoms with van der Waals surface area (Å²) in [5, 5.41) is 3.56. The summed E-state index contributed by atoms with van der Waals surface area (Å²) in [6.45, 7) is 10.1. The van der Waals surface area contributed by atoms with Crippen molar-refractivity contribution in [2.45, 2.75) is 52.5 Å². The van der Waals surface area contributed by atoms with Crippen molar-refractivity contribution in [2.24, 2.45) is 5.92 Å². The minimum absolute atomic E-state index is 0.544. The van der Waals surface area contributed by atoms with Crippen LogP contribution in [0.5, 0.6) is 0 Å². The molecule has 0 saturated carbocycles. The Morgan fingerprint density at radius 3 is 2.59 bits per heavy atom. The van der Waals surface area contributed by atoms with Gasteiger partial charge in [0.25, 0.3) is 0 Å². The fourth-order valence-corrected chi connectivity index (χ4v) is 2.26. The van der Waals surface area contributed by atoms with Crippen LogP contribution in [0.15, 0.2) is 24.5 Å². The zero-order chi connectivity index (χ0) is 12.7. The quantitative estimate of drug-likeness (QED) is 0.779. The summed E-state index contributed by atoms with van der Waals surface area (Å²) in [7, 11) is 0. The summed E-state index contributed by atoms with van der Waals surface area (Å²) < 4.78 is 0. The highest BCUT2D eigenvalue weighted by molar-refractivity contribution is 5.16. The average molecular weight is 234 g/mol. The summed E-state index contributed by atoms with van der Waals surface area (Å²) in [6.07, 6.45) is 6.39. The maximum atomic E-state index is 4.25. The van der Waals surface area contributed by atoms with E-state index in [0.29, 0.717) is 17.9 Å². The minimum Gasteiger partial charge on any atom is -0.314 e. The Morgan fingerprint density at radius 1 is 1.29 bits per heavy atom. The summed E-state index contributed by atoms with van der Waals surface area (Å²) in [5.41, 5.74) is 1.36. The van der Waals surface area contributed by atoms with Crippen molar-refractivity contribution in [3.63, 3.8) is 0 Å². The fraction of sp³-hybridized carbons (Fsp3) is 0.667. The van der Waals surface area contributed by atoms with Crippen molar-refractivity contribution in [1.82, 2.24) is 10.3 Å². The van der Waals surface area contributed by atoms with Crippen LogP contribution in [-0.2, 0) is 0 Å². The second-order valence-corrected chi connectivity index (χ2v) is 5.22. The van der Waals surface area contributed by atoms with Crippen molar-refractivity contribution in [1.29, 1.82) is 0 Å². The second-order valence-electron chi connectivity index (χ2n) is 5.22. The summed E-state index contributed by atoms with van der Waals surface area (Å²) in [4.78, 5) is 4.25. The Morgan fingerprint density at radius 2 is 2.06 bits per heavy atom. The van der Waals surface area contributed by atoms with Crippen LogP contribution < -0.4 is 5.32 Å². The van der Waals surface area contributed by atoms with Gasteiger partial charge in [-0.25, -0.2) is 0 Å². The Hall–Kier alpha value is -0.890. The molecule has 1 heterocycles. The van der Waals surface area contributed by atoms with Crippen LogP contribution in [-0.4, -0.2) is 17.6 Å². The van der Waals surface area contributed by atoms with E-state index in [1.165, 1.54) is 18.4 Å². The molecule has 0 amide bonds. The highest BCUT2D eigenvalue weighted by atomic mass is 14.9. The van der Waals surface area contributed by atoms with Crippen LogP contribution in [0.1, 0.15) is 52.0 Å². The topological polar surface area (TPSA) is 24.9 Å². The summed E-state index contributed by atoms with van der Waals surface area (Å²) in [6, 6.07) is 4.78. The van der Waals surface area contributed by atoms with Gasteiger partial charge in [0.1, 0.15) is 0 Å². The molecule has 0 spiro atoms. The molecule has 1 N–H and O–H groups in total. The Bertz CT molecular complexity index is 295. The fourth-order valence-electron chi connectivity index (χ4n) is 2.26. The van der Waals surface area contributed by atoms with Gasteiger partial charge in [-0.1, -0.05) is 46.6 Å². The molecule has 2 atom stereocenters. The molecule has 0 aliphatic carbocycles. The van der Waals surface area contributed by atoms with Crippen molar-refractivity contribution >= 4 is 0 Å². The molecule has 1 aromatic heterocycles. The molecule has 1 aromatic rings. The van der Waals surface area contributed by atoms with E-state index in [1.54, 1.807) is 0 Å². The van der Waals surface area contributed by atoms with Gasteiger partial charge < -0.3 is 5.32 Å². The number of hydrogen-bond acceptors (Lipinski definition) is 2. The van der Waals surface area contributed by atoms with Gasteiger partial charge in [0.2, 0.25) is 0 Å². The Balaban J connectivity index is 2.71. The molecule has 0 radical (unpaired) electrons. The van der Waals surface area contributed by atoms with E-state index in [2.05, 4.69) is 44.1 Å². The molecule has 1 rings (SSSR count). The standard InChI is InChI=1S/C15H26N2/c1-5-7-13(4)15(11-17-12(2)3)14-8-6-9-16-10-14/h6,8-10,12-13,15,17H,5,7,11H2,1-4H3. The van der Waals surface area contributed by atoms with Crippen LogP contribution in [0.2, 0.25) is 0 Å². The maximum absolute atomic E-state index is 4.25. The molecule has 0 bridgehead atoms. The lowest BCUT2D eigenvalue weighted by molar-refractivity contribution is 0.391. The lowest BCUT2D eigenvalue weighted by Crippen LogP contribution is -2.30. The lowest BCUT2D eigenvalue weighted by atomic mass is 9.85. The highest BCUT2D eigenvalue weighted by Gasteiger charge is 2.18. The molecule has 2 unspecified atom stereocenters. The van der Waals surface area contributed by atoms with Gasteiger partial charge in [-0.05, 0) is 17.5 Å². The third-order valence-electron chi connectivity index (χ3n) is 3.29. The van der Waals surface area contributed by atoms with Gasteiger partial charge >= 0.3 is 0 Å². The van der Waals surface area contributed by atoms with Crippen molar-refractivity contribution in [2.75, 3.05) is 6.54 Å². The molecule has 0 aliphatic heterocycles. The molecule has 2 heteroatoms. The van der Waals surface area contributed by atoms with E-state index in [1.807, 2.05) is 18.5 Å². The Kier molecular flexibility index (Phi) is 6.20. The Labute approximate surface area is 106 Å². The van der Waals surface area contributed by atoms with Crippen molar-refractivity contribution in [3.8, 4) is 0 Å². The van der Waals surface area contributed by atoms with E-state index >= 15 is 0 Å². The minimum atomic E-state index is 0.544. The molecule has 96 valence electrons. The first kappa shape index (κ1) is 14.2. The molecule has 0 fully saturated rings. The van der Waals surface area contributed by atoms with Crippen LogP contribution in [0, 0.1) is 5.92 Å². The smallest absolute Gasteiger partial charge is 0.0303 e. The number of nitrogens with one attached hydrogen (secondary N) is 1. The van der Waals surface area contributed by atoms with Gasteiger partial charge in [0.05, 0.1) is 0 Å². The lowest BCUT2D eigenvalue weighted by Gasteiger charge is -2.25. The third kappa shape index (κ3) is 4.86. The van der Waals surface area contributed by atoms with E-state index in [0.717, 1.165) is 6.54 Å². The van der Waals surface area contributed by atoms with E-state index in [9.17, 15) is 0 Å². The molecular weight excluding hydrogens is 208 g/mol. The van der Waals surface area contributed by atoms with Gasteiger partial charge in [-0.2, -0.15) is 0 Å². The largest absolute Gasteiger partial charge is 0.314 e. The molecule has 0 saturated heterocycles. The molecule has 2 nitrogen and oxygen atoms in total. The molecular formula is C15H26N2. The SMILES string of the molecule is CCCC(C)C(CNC(C)C)c1cccnc1. The predicted octanol–water partition coefficient (Wildman–Crippen LogP) is 3.60. The van der Waals surface area contributed by atoms with Gasteiger partial charge in [0.15, 0.2) is 0 Å². The van der Waals surface area contributed by atoms with E-state index in [4.69, 9.17) is 0 Å². The number of nitrogens with zero attached hydrogens (tertiary/aromatic N) is 1. The zero-order valence-corrected chi connectivity index (χ0v) is 11.6. The van der Waals surface area contributed by atoms with Crippen LogP contribution in [0.4, 0.5) is 0 Å². The maximum Gasteiger partial charge on any atom is 0.0303 e. The molecule has 0 aliphatic rings. The van der Waals surface area contributed by atoms with Crippen molar-refractivity contribution in [3.05, 3.63) is 30.1 Å². The van der Waals surface area contributed by atoms with E-state index in [-0.39, 0.29) is 0 Å². The first-order chi connectivity index (χ1) is 8.15. The summed E-state index contributed by atoms with van der Waals surface area (Å²) in [5.74, 6) is 1.28. The first-order valence-electron chi connectivity index (χ1n) is 6.78. The first-order valence-corrected chi connectivity index (χ1v) is 6.78. The number of hydrogen-bond donors (Lipinski definition) is 1. The van der Waals surface area contributed by atoms with Crippen LogP contribution in [0.25, 0.3) is 0 Å². The van der Waals surface area contributed by atoms with Gasteiger partial charge in [-0.3, -0.25) is 4.98 Å². The predicted molar refractivity (Wildman–Crippen MR) is 74.2 cm³/mol. The average Bonchev–Trinajstić information content (AvgIpc) is 2.30. The van der Waals surface area contributed by atoms with Crippen molar-refractivity contribution < 1.29 is 0 Å². The van der Waals surface area contributed by atoms with Crippen LogP contribution in [0.3, 0.4) is 0 Å². The summed E-state index contributed by atoms with van der Waals surface area (Å²) >= 11 is 0. The van der Waals surface area contributed by atoms with E-state index < -0.39 is 0 Å². The van der Waals surface area contributed by atoms with Crippen LogP contribution >= 0.6 is 0 Å². The second kappa shape index (κ2) is 7.44. The number of pyridine rings is 1. The molecule has 17 heavy (non-hydrogen) atoms. The normalized spacial score (nSPS) is 14.9. The van der Waals surface area contributed by atoms with Gasteiger partial charge in [0, 0.05) is 30.9 Å². The van der Waals surface area contributed by atoms with Gasteiger partial charge in [-0.15, -0.1) is 0 Å². The number of aromatic nitrogens is 1. The monoisotopic (exact) mass is 234 g/mol.